The minimum atomic E-state index is 0.236. The van der Waals surface area contributed by atoms with E-state index >= 15 is 0 Å². The van der Waals surface area contributed by atoms with Crippen molar-refractivity contribution in [3.8, 4) is 0 Å². The van der Waals surface area contributed by atoms with Crippen LogP contribution in [0.2, 0.25) is 0 Å². The van der Waals surface area contributed by atoms with Crippen LogP contribution in [0.25, 0.3) is 0 Å². The molecule has 1 N–H and O–H groups in total. The van der Waals surface area contributed by atoms with Gasteiger partial charge in [-0.15, -0.1) is 0 Å². The molecule has 1 amide bonds. The average molecular weight is 226 g/mol. The van der Waals surface area contributed by atoms with E-state index < -0.39 is 0 Å². The van der Waals surface area contributed by atoms with Gasteiger partial charge in [0, 0.05) is 25.7 Å². The van der Waals surface area contributed by atoms with E-state index in [1.807, 2.05) is 0 Å². The van der Waals surface area contributed by atoms with E-state index in [1.165, 1.54) is 0 Å². The van der Waals surface area contributed by atoms with Crippen LogP contribution in [-0.4, -0.2) is 36.5 Å². The van der Waals surface area contributed by atoms with Crippen molar-refractivity contribution in [2.75, 3.05) is 19.6 Å². The van der Waals surface area contributed by atoms with Gasteiger partial charge in [0.25, 0.3) is 0 Å². The third-order valence-electron chi connectivity index (χ3n) is 3.36. The molecular formula is C13H26N2O. The average Bonchev–Trinajstić information content (AvgIpc) is 2.14. The molecule has 3 nitrogen and oxygen atoms in total. The summed E-state index contributed by atoms with van der Waals surface area (Å²) in [4.78, 5) is 14.4. The molecule has 1 aliphatic rings. The molecule has 0 radical (unpaired) electrons. The molecule has 0 saturated carbocycles. The van der Waals surface area contributed by atoms with Crippen LogP contribution in [0.15, 0.2) is 0 Å². The van der Waals surface area contributed by atoms with Gasteiger partial charge in [-0.2, -0.15) is 0 Å². The summed E-state index contributed by atoms with van der Waals surface area (Å²) >= 11 is 0. The molecule has 0 aliphatic carbocycles. The van der Waals surface area contributed by atoms with E-state index in [2.05, 4.69) is 37.9 Å². The number of amides is 1. The molecule has 16 heavy (non-hydrogen) atoms. The molecule has 94 valence electrons. The van der Waals surface area contributed by atoms with E-state index in [9.17, 15) is 4.79 Å². The number of nitrogens with zero attached hydrogens (tertiary/aromatic N) is 1. The SMILES string of the molecule is CCC(CC)N(CC(C)C)C(=O)C1CNC1. The normalized spacial score (nSPS) is 16.6. The first-order valence-corrected chi connectivity index (χ1v) is 6.61. The van der Waals surface area contributed by atoms with Gasteiger partial charge >= 0.3 is 0 Å². The minimum absolute atomic E-state index is 0.236. The monoisotopic (exact) mass is 226 g/mol. The highest BCUT2D eigenvalue weighted by molar-refractivity contribution is 5.80. The summed E-state index contributed by atoms with van der Waals surface area (Å²) in [5.74, 6) is 1.15. The fraction of sp³-hybridized carbons (Fsp3) is 0.923. The largest absolute Gasteiger partial charge is 0.339 e. The lowest BCUT2D eigenvalue weighted by Crippen LogP contribution is -2.54. The number of hydrogen-bond donors (Lipinski definition) is 1. The Hall–Kier alpha value is -0.570. The van der Waals surface area contributed by atoms with E-state index in [0.717, 1.165) is 32.5 Å². The summed E-state index contributed by atoms with van der Waals surface area (Å²) in [7, 11) is 0. The molecule has 0 aromatic heterocycles. The van der Waals surface area contributed by atoms with Crippen LogP contribution in [0.1, 0.15) is 40.5 Å². The van der Waals surface area contributed by atoms with Crippen molar-refractivity contribution in [2.24, 2.45) is 11.8 Å². The quantitative estimate of drug-likeness (QED) is 0.750. The Morgan fingerprint density at radius 1 is 1.31 bits per heavy atom. The Balaban J connectivity index is 2.64. The van der Waals surface area contributed by atoms with Gasteiger partial charge in [-0.1, -0.05) is 27.7 Å². The molecule has 1 rings (SSSR count). The predicted octanol–water partition coefficient (Wildman–Crippen LogP) is 1.88. The minimum Gasteiger partial charge on any atom is -0.339 e. The van der Waals surface area contributed by atoms with Crippen molar-refractivity contribution in [3.05, 3.63) is 0 Å². The molecule has 0 spiro atoms. The van der Waals surface area contributed by atoms with Crippen molar-refractivity contribution < 1.29 is 4.79 Å². The van der Waals surface area contributed by atoms with Crippen LogP contribution in [0.5, 0.6) is 0 Å². The lowest BCUT2D eigenvalue weighted by atomic mass is 9.98. The van der Waals surface area contributed by atoms with Gasteiger partial charge in [-0.25, -0.2) is 0 Å². The highest BCUT2D eigenvalue weighted by Crippen LogP contribution is 2.17. The van der Waals surface area contributed by atoms with Crippen molar-refractivity contribution in [2.45, 2.75) is 46.6 Å². The first-order chi connectivity index (χ1) is 7.60. The fourth-order valence-corrected chi connectivity index (χ4v) is 2.24. The van der Waals surface area contributed by atoms with Crippen LogP contribution >= 0.6 is 0 Å². The van der Waals surface area contributed by atoms with E-state index in [-0.39, 0.29) is 5.92 Å². The van der Waals surface area contributed by atoms with E-state index in [0.29, 0.717) is 17.9 Å². The van der Waals surface area contributed by atoms with Gasteiger partial charge in [-0.05, 0) is 18.8 Å². The topological polar surface area (TPSA) is 32.3 Å². The summed E-state index contributed by atoms with van der Waals surface area (Å²) in [5.41, 5.74) is 0. The zero-order valence-electron chi connectivity index (χ0n) is 11.1. The standard InChI is InChI=1S/C13H26N2O/c1-5-12(6-2)15(9-10(3)4)13(16)11-7-14-8-11/h10-12,14H,5-9H2,1-4H3. The van der Waals surface area contributed by atoms with Crippen LogP contribution in [0, 0.1) is 11.8 Å². The molecule has 0 aromatic rings. The van der Waals surface area contributed by atoms with Crippen molar-refractivity contribution in [1.82, 2.24) is 10.2 Å². The van der Waals surface area contributed by atoms with Crippen molar-refractivity contribution in [3.63, 3.8) is 0 Å². The molecule has 1 fully saturated rings. The predicted molar refractivity (Wildman–Crippen MR) is 67.3 cm³/mol. The van der Waals surface area contributed by atoms with E-state index in [4.69, 9.17) is 0 Å². The Bertz CT molecular complexity index is 220. The molecule has 0 bridgehead atoms. The Morgan fingerprint density at radius 2 is 1.88 bits per heavy atom. The second-order valence-corrected chi connectivity index (χ2v) is 5.21. The van der Waals surface area contributed by atoms with Crippen LogP contribution in [0.4, 0.5) is 0 Å². The molecular weight excluding hydrogens is 200 g/mol. The second kappa shape index (κ2) is 6.24. The van der Waals surface area contributed by atoms with Gasteiger partial charge in [-0.3, -0.25) is 4.79 Å². The third kappa shape index (κ3) is 3.21. The van der Waals surface area contributed by atoms with Crippen LogP contribution < -0.4 is 5.32 Å². The zero-order chi connectivity index (χ0) is 12.1. The first kappa shape index (κ1) is 13.5. The number of rotatable bonds is 6. The maximum absolute atomic E-state index is 12.3. The summed E-state index contributed by atoms with van der Waals surface area (Å²) in [6, 6.07) is 0.426. The Kier molecular flexibility index (Phi) is 5.26. The Morgan fingerprint density at radius 3 is 2.19 bits per heavy atom. The highest BCUT2D eigenvalue weighted by atomic mass is 16.2. The summed E-state index contributed by atoms with van der Waals surface area (Å²) < 4.78 is 0. The van der Waals surface area contributed by atoms with E-state index in [1.54, 1.807) is 0 Å². The number of nitrogens with one attached hydrogen (secondary N) is 1. The maximum Gasteiger partial charge on any atom is 0.228 e. The lowest BCUT2D eigenvalue weighted by molar-refractivity contribution is -0.140. The van der Waals surface area contributed by atoms with Gasteiger partial charge in [0.1, 0.15) is 0 Å². The van der Waals surface area contributed by atoms with Crippen LogP contribution in [-0.2, 0) is 4.79 Å². The van der Waals surface area contributed by atoms with Gasteiger partial charge in [0.05, 0.1) is 5.92 Å². The highest BCUT2D eigenvalue weighted by Gasteiger charge is 2.32. The molecule has 3 heteroatoms. The summed E-state index contributed by atoms with van der Waals surface area (Å²) in [5, 5.41) is 3.18. The van der Waals surface area contributed by atoms with Crippen LogP contribution in [0.3, 0.4) is 0 Å². The fourth-order valence-electron chi connectivity index (χ4n) is 2.24. The maximum atomic E-state index is 12.3. The molecule has 1 saturated heterocycles. The smallest absolute Gasteiger partial charge is 0.228 e. The number of carbonyl (C=O) groups is 1. The van der Waals surface area contributed by atoms with Gasteiger partial charge in [0.2, 0.25) is 5.91 Å². The summed E-state index contributed by atoms with van der Waals surface area (Å²) in [6.07, 6.45) is 2.13. The number of carbonyl (C=O) groups excluding carboxylic acids is 1. The second-order valence-electron chi connectivity index (χ2n) is 5.21. The molecule has 0 aromatic carbocycles. The third-order valence-corrected chi connectivity index (χ3v) is 3.36. The number of hydrogen-bond acceptors (Lipinski definition) is 2. The first-order valence-electron chi connectivity index (χ1n) is 6.61. The van der Waals surface area contributed by atoms with Gasteiger partial charge in [0.15, 0.2) is 0 Å². The lowest BCUT2D eigenvalue weighted by Gasteiger charge is -2.37. The molecule has 0 unspecified atom stereocenters. The van der Waals surface area contributed by atoms with Gasteiger partial charge < -0.3 is 10.2 Å². The van der Waals surface area contributed by atoms with Crippen molar-refractivity contribution >= 4 is 5.91 Å². The zero-order valence-corrected chi connectivity index (χ0v) is 11.1. The summed E-state index contributed by atoms with van der Waals surface area (Å²) in [6.45, 7) is 11.4. The molecule has 1 heterocycles. The Labute approximate surface area is 99.6 Å². The van der Waals surface area contributed by atoms with Crippen molar-refractivity contribution in [1.29, 1.82) is 0 Å². The molecule has 1 aliphatic heterocycles. The molecule has 0 atom stereocenters.